The summed E-state index contributed by atoms with van der Waals surface area (Å²) in [6, 6.07) is 0. The Bertz CT molecular complexity index is 207. The van der Waals surface area contributed by atoms with Crippen molar-refractivity contribution in [2.24, 2.45) is 0 Å². The lowest BCUT2D eigenvalue weighted by Gasteiger charge is -1.88. The van der Waals surface area contributed by atoms with Gasteiger partial charge in [-0.3, -0.25) is 0 Å². The number of thiophene rings is 1. The SMILES string of the molecule is Cc1sc(C)c(O)c1N. The second-order valence-corrected chi connectivity index (χ2v) is 3.41. The Balaban J connectivity index is 3.29. The molecule has 50 valence electrons. The molecule has 1 aromatic rings. The minimum atomic E-state index is 0.248. The van der Waals surface area contributed by atoms with E-state index in [4.69, 9.17) is 10.8 Å². The van der Waals surface area contributed by atoms with Gasteiger partial charge in [0.1, 0.15) is 0 Å². The molecule has 0 radical (unpaired) electrons. The molecule has 0 saturated heterocycles. The van der Waals surface area contributed by atoms with Crippen molar-refractivity contribution in [1.82, 2.24) is 0 Å². The average Bonchev–Trinajstić information content (AvgIpc) is 1.98. The van der Waals surface area contributed by atoms with Gasteiger partial charge < -0.3 is 10.8 Å². The zero-order valence-electron chi connectivity index (χ0n) is 5.43. The molecule has 9 heavy (non-hydrogen) atoms. The van der Waals surface area contributed by atoms with Crippen LogP contribution in [0.3, 0.4) is 0 Å². The summed E-state index contributed by atoms with van der Waals surface area (Å²) in [5, 5.41) is 9.11. The molecule has 2 nitrogen and oxygen atoms in total. The first-order valence-corrected chi connectivity index (χ1v) is 3.49. The van der Waals surface area contributed by atoms with Gasteiger partial charge in [0.15, 0.2) is 5.75 Å². The number of aryl methyl sites for hydroxylation is 2. The van der Waals surface area contributed by atoms with E-state index in [2.05, 4.69) is 0 Å². The first kappa shape index (κ1) is 6.42. The number of anilines is 1. The Hall–Kier alpha value is -0.700. The highest BCUT2D eigenvalue weighted by Gasteiger charge is 2.06. The van der Waals surface area contributed by atoms with E-state index in [1.165, 1.54) is 11.3 Å². The molecule has 0 amide bonds. The van der Waals surface area contributed by atoms with Crippen LogP contribution in [0.2, 0.25) is 0 Å². The number of nitrogens with two attached hydrogens (primary N) is 1. The standard InChI is InChI=1S/C6H9NOS/c1-3-5(7)6(8)4(2)9-3/h8H,7H2,1-2H3. The molecule has 0 aliphatic rings. The Morgan fingerprint density at radius 1 is 1.33 bits per heavy atom. The number of hydrogen-bond donors (Lipinski definition) is 2. The van der Waals surface area contributed by atoms with E-state index in [-0.39, 0.29) is 5.75 Å². The van der Waals surface area contributed by atoms with Crippen molar-refractivity contribution in [2.45, 2.75) is 13.8 Å². The molecule has 0 atom stereocenters. The van der Waals surface area contributed by atoms with Gasteiger partial charge in [-0.2, -0.15) is 0 Å². The van der Waals surface area contributed by atoms with Crippen LogP contribution in [0, 0.1) is 13.8 Å². The molecule has 0 saturated carbocycles. The maximum Gasteiger partial charge on any atom is 0.152 e. The smallest absolute Gasteiger partial charge is 0.152 e. The summed E-state index contributed by atoms with van der Waals surface area (Å²) in [7, 11) is 0. The Morgan fingerprint density at radius 3 is 2.00 bits per heavy atom. The van der Waals surface area contributed by atoms with Crippen molar-refractivity contribution >= 4 is 17.0 Å². The second kappa shape index (κ2) is 1.92. The monoisotopic (exact) mass is 143 g/mol. The quantitative estimate of drug-likeness (QED) is 0.580. The number of nitrogen functional groups attached to an aromatic ring is 1. The largest absolute Gasteiger partial charge is 0.505 e. The predicted octanol–water partition coefficient (Wildman–Crippen LogP) is 1.65. The van der Waals surface area contributed by atoms with E-state index >= 15 is 0 Å². The zero-order chi connectivity index (χ0) is 7.02. The minimum Gasteiger partial charge on any atom is -0.505 e. The Morgan fingerprint density at radius 2 is 1.89 bits per heavy atom. The molecule has 3 N–H and O–H groups in total. The summed E-state index contributed by atoms with van der Waals surface area (Å²) >= 11 is 1.52. The lowest BCUT2D eigenvalue weighted by molar-refractivity contribution is 0.476. The van der Waals surface area contributed by atoms with Gasteiger partial charge in [0.2, 0.25) is 0 Å². The third-order valence-corrected chi connectivity index (χ3v) is 2.30. The van der Waals surface area contributed by atoms with Crippen molar-refractivity contribution in [3.63, 3.8) is 0 Å². The molecule has 1 aromatic heterocycles. The number of aromatic hydroxyl groups is 1. The van der Waals surface area contributed by atoms with Crippen LogP contribution in [0.5, 0.6) is 5.75 Å². The van der Waals surface area contributed by atoms with Crippen LogP contribution in [-0.2, 0) is 0 Å². The van der Waals surface area contributed by atoms with Gasteiger partial charge in [-0.05, 0) is 13.8 Å². The summed E-state index contributed by atoms with van der Waals surface area (Å²) in [4.78, 5) is 1.88. The fourth-order valence-electron chi connectivity index (χ4n) is 0.689. The third kappa shape index (κ3) is 0.876. The molecule has 0 aromatic carbocycles. The second-order valence-electron chi connectivity index (χ2n) is 1.98. The summed E-state index contributed by atoms with van der Waals surface area (Å²) in [6.07, 6.45) is 0. The number of rotatable bonds is 0. The molecular weight excluding hydrogens is 134 g/mol. The lowest BCUT2D eigenvalue weighted by atomic mass is 10.3. The van der Waals surface area contributed by atoms with Crippen LogP contribution in [0.4, 0.5) is 5.69 Å². The van der Waals surface area contributed by atoms with E-state index in [1.807, 2.05) is 13.8 Å². The van der Waals surface area contributed by atoms with E-state index in [1.54, 1.807) is 0 Å². The van der Waals surface area contributed by atoms with Crippen molar-refractivity contribution in [3.05, 3.63) is 9.75 Å². The van der Waals surface area contributed by atoms with Gasteiger partial charge in [0.25, 0.3) is 0 Å². The maximum atomic E-state index is 9.11. The van der Waals surface area contributed by atoms with Crippen LogP contribution < -0.4 is 5.73 Å². The molecule has 0 spiro atoms. The third-order valence-electron chi connectivity index (χ3n) is 1.27. The molecular formula is C6H9NOS. The zero-order valence-corrected chi connectivity index (χ0v) is 6.25. The summed E-state index contributed by atoms with van der Waals surface area (Å²) < 4.78 is 0. The van der Waals surface area contributed by atoms with E-state index in [0.717, 1.165) is 9.75 Å². The van der Waals surface area contributed by atoms with Crippen LogP contribution >= 0.6 is 11.3 Å². The highest BCUT2D eigenvalue weighted by molar-refractivity contribution is 7.12. The summed E-state index contributed by atoms with van der Waals surface area (Å²) in [6.45, 7) is 3.75. The van der Waals surface area contributed by atoms with Gasteiger partial charge in [-0.25, -0.2) is 0 Å². The lowest BCUT2D eigenvalue weighted by Crippen LogP contribution is -1.82. The van der Waals surface area contributed by atoms with E-state index in [9.17, 15) is 0 Å². The highest BCUT2D eigenvalue weighted by atomic mass is 32.1. The Kier molecular flexibility index (Phi) is 1.37. The summed E-state index contributed by atoms with van der Waals surface area (Å²) in [5.74, 6) is 0.248. The van der Waals surface area contributed by atoms with E-state index < -0.39 is 0 Å². The molecule has 0 unspecified atom stereocenters. The van der Waals surface area contributed by atoms with Crippen LogP contribution in [-0.4, -0.2) is 5.11 Å². The van der Waals surface area contributed by atoms with Crippen LogP contribution in [0.25, 0.3) is 0 Å². The molecule has 0 aliphatic carbocycles. The van der Waals surface area contributed by atoms with Crippen molar-refractivity contribution in [1.29, 1.82) is 0 Å². The first-order valence-electron chi connectivity index (χ1n) is 2.67. The Labute approximate surface area is 57.9 Å². The van der Waals surface area contributed by atoms with Gasteiger partial charge in [-0.15, -0.1) is 11.3 Å². The molecule has 0 fully saturated rings. The molecule has 3 heteroatoms. The molecule has 1 rings (SSSR count). The van der Waals surface area contributed by atoms with Crippen molar-refractivity contribution in [3.8, 4) is 5.75 Å². The van der Waals surface area contributed by atoms with Gasteiger partial charge >= 0.3 is 0 Å². The summed E-state index contributed by atoms with van der Waals surface area (Å²) in [5.41, 5.74) is 5.99. The van der Waals surface area contributed by atoms with Gasteiger partial charge in [0.05, 0.1) is 5.69 Å². The predicted molar refractivity (Wildman–Crippen MR) is 39.9 cm³/mol. The first-order chi connectivity index (χ1) is 4.13. The van der Waals surface area contributed by atoms with Crippen LogP contribution in [0.1, 0.15) is 9.75 Å². The topological polar surface area (TPSA) is 46.2 Å². The fourth-order valence-corrected chi connectivity index (χ4v) is 1.56. The highest BCUT2D eigenvalue weighted by Crippen LogP contribution is 2.34. The molecule has 1 heterocycles. The van der Waals surface area contributed by atoms with Gasteiger partial charge in [0, 0.05) is 9.75 Å². The molecule has 0 aliphatic heterocycles. The van der Waals surface area contributed by atoms with Crippen LogP contribution in [0.15, 0.2) is 0 Å². The normalized spacial score (nSPS) is 10.0. The average molecular weight is 143 g/mol. The van der Waals surface area contributed by atoms with Crippen molar-refractivity contribution in [2.75, 3.05) is 5.73 Å². The van der Waals surface area contributed by atoms with E-state index in [0.29, 0.717) is 5.69 Å². The molecule has 0 bridgehead atoms. The van der Waals surface area contributed by atoms with Gasteiger partial charge in [-0.1, -0.05) is 0 Å². The number of hydrogen-bond acceptors (Lipinski definition) is 3. The maximum absolute atomic E-state index is 9.11. The minimum absolute atomic E-state index is 0.248. The fraction of sp³-hybridized carbons (Fsp3) is 0.333. The van der Waals surface area contributed by atoms with Crippen molar-refractivity contribution < 1.29 is 5.11 Å².